The van der Waals surface area contributed by atoms with Crippen LogP contribution in [0.4, 0.5) is 0 Å². The van der Waals surface area contributed by atoms with Gasteiger partial charge < -0.3 is 10.6 Å². The third kappa shape index (κ3) is 3.80. The molecule has 0 radical (unpaired) electrons. The maximum atomic E-state index is 12.9. The number of hydrogen-bond donors (Lipinski definition) is 1. The monoisotopic (exact) mass is 294 g/mol. The quantitative estimate of drug-likeness (QED) is 0.848. The van der Waals surface area contributed by atoms with Crippen molar-refractivity contribution in [2.75, 3.05) is 7.05 Å². The fraction of sp³-hybridized carbons (Fsp3) is 0.944. The standard InChI is InChI=1S/C18H34N2O/c1-12-10-13(2)16(19)11-15(12)17(21)20(5)14-6-8-18(3,4)9-7-14/h12-16H,6-11,19H2,1-5H3. The second kappa shape index (κ2) is 6.28. The van der Waals surface area contributed by atoms with Crippen LogP contribution >= 0.6 is 0 Å². The number of hydrogen-bond acceptors (Lipinski definition) is 2. The Morgan fingerprint density at radius 2 is 1.67 bits per heavy atom. The van der Waals surface area contributed by atoms with Crippen LogP contribution < -0.4 is 5.73 Å². The van der Waals surface area contributed by atoms with E-state index in [1.54, 1.807) is 0 Å². The van der Waals surface area contributed by atoms with Crippen LogP contribution in [0.3, 0.4) is 0 Å². The molecule has 2 N–H and O–H groups in total. The van der Waals surface area contributed by atoms with Crippen LogP contribution in [0.15, 0.2) is 0 Å². The third-order valence-electron chi connectivity index (χ3n) is 6.21. The highest BCUT2D eigenvalue weighted by atomic mass is 16.2. The normalized spacial score (nSPS) is 37.2. The summed E-state index contributed by atoms with van der Waals surface area (Å²) in [6.45, 7) is 9.13. The zero-order valence-corrected chi connectivity index (χ0v) is 14.6. The van der Waals surface area contributed by atoms with Crippen LogP contribution in [0, 0.1) is 23.2 Å². The predicted molar refractivity (Wildman–Crippen MR) is 87.8 cm³/mol. The topological polar surface area (TPSA) is 46.3 Å². The maximum Gasteiger partial charge on any atom is 0.225 e. The van der Waals surface area contributed by atoms with Crippen LogP contribution in [0.1, 0.15) is 66.2 Å². The van der Waals surface area contributed by atoms with Gasteiger partial charge in [-0.15, -0.1) is 0 Å². The van der Waals surface area contributed by atoms with Crippen LogP contribution in [-0.2, 0) is 4.79 Å². The summed E-state index contributed by atoms with van der Waals surface area (Å²) >= 11 is 0. The molecule has 2 aliphatic carbocycles. The lowest BCUT2D eigenvalue weighted by molar-refractivity contribution is -0.140. The number of amides is 1. The van der Waals surface area contributed by atoms with Crippen molar-refractivity contribution >= 4 is 5.91 Å². The van der Waals surface area contributed by atoms with Crippen molar-refractivity contribution < 1.29 is 4.79 Å². The van der Waals surface area contributed by atoms with Gasteiger partial charge in [-0.25, -0.2) is 0 Å². The Morgan fingerprint density at radius 3 is 2.24 bits per heavy atom. The van der Waals surface area contributed by atoms with Crippen molar-refractivity contribution in [3.63, 3.8) is 0 Å². The average molecular weight is 294 g/mol. The number of nitrogens with two attached hydrogens (primary N) is 1. The van der Waals surface area contributed by atoms with E-state index in [2.05, 4.69) is 32.6 Å². The number of nitrogens with zero attached hydrogens (tertiary/aromatic N) is 1. The molecule has 122 valence electrons. The molecule has 0 bridgehead atoms. The molecule has 3 heteroatoms. The molecule has 2 saturated carbocycles. The first kappa shape index (κ1) is 16.8. The van der Waals surface area contributed by atoms with Gasteiger partial charge in [-0.2, -0.15) is 0 Å². The molecule has 4 unspecified atom stereocenters. The Labute approximate surface area is 130 Å². The summed E-state index contributed by atoms with van der Waals surface area (Å²) in [4.78, 5) is 14.9. The molecule has 0 heterocycles. The Morgan fingerprint density at radius 1 is 1.10 bits per heavy atom. The third-order valence-corrected chi connectivity index (χ3v) is 6.21. The van der Waals surface area contributed by atoms with E-state index in [0.717, 1.165) is 25.7 Å². The molecule has 2 fully saturated rings. The lowest BCUT2D eigenvalue weighted by Gasteiger charge is -2.42. The summed E-state index contributed by atoms with van der Waals surface area (Å²) in [5.74, 6) is 1.49. The Balaban J connectivity index is 1.96. The summed E-state index contributed by atoms with van der Waals surface area (Å²) in [7, 11) is 2.02. The maximum absolute atomic E-state index is 12.9. The van der Waals surface area contributed by atoms with Crippen LogP contribution in [0.25, 0.3) is 0 Å². The number of rotatable bonds is 2. The number of carbonyl (C=O) groups is 1. The molecule has 0 spiro atoms. The highest BCUT2D eigenvalue weighted by Crippen LogP contribution is 2.38. The van der Waals surface area contributed by atoms with E-state index in [1.807, 2.05) is 7.05 Å². The number of carbonyl (C=O) groups excluding carboxylic acids is 1. The van der Waals surface area contributed by atoms with Gasteiger partial charge in [0.2, 0.25) is 5.91 Å². The van der Waals surface area contributed by atoms with E-state index in [1.165, 1.54) is 12.8 Å². The van der Waals surface area contributed by atoms with Crippen molar-refractivity contribution in [1.82, 2.24) is 4.90 Å². The highest BCUT2D eigenvalue weighted by molar-refractivity contribution is 5.79. The fourth-order valence-electron chi connectivity index (χ4n) is 4.24. The zero-order chi connectivity index (χ0) is 15.8. The molecule has 1 amide bonds. The van der Waals surface area contributed by atoms with E-state index in [9.17, 15) is 4.79 Å². The lowest BCUT2D eigenvalue weighted by atomic mass is 9.71. The lowest BCUT2D eigenvalue weighted by Crippen LogP contribution is -2.49. The molecule has 0 aromatic rings. The Bertz CT molecular complexity index is 369. The molecule has 2 rings (SSSR count). The van der Waals surface area contributed by atoms with Gasteiger partial charge in [0.1, 0.15) is 0 Å². The smallest absolute Gasteiger partial charge is 0.225 e. The van der Waals surface area contributed by atoms with Crippen molar-refractivity contribution in [2.45, 2.75) is 78.3 Å². The molecule has 0 aromatic carbocycles. The zero-order valence-electron chi connectivity index (χ0n) is 14.6. The minimum absolute atomic E-state index is 0.135. The summed E-state index contributed by atoms with van der Waals surface area (Å²) in [6, 6.07) is 0.627. The van der Waals surface area contributed by atoms with E-state index in [4.69, 9.17) is 5.73 Å². The summed E-state index contributed by atoms with van der Waals surface area (Å²) in [5, 5.41) is 0. The fourth-order valence-corrected chi connectivity index (χ4v) is 4.24. The van der Waals surface area contributed by atoms with E-state index >= 15 is 0 Å². The van der Waals surface area contributed by atoms with Crippen molar-refractivity contribution in [3.05, 3.63) is 0 Å². The van der Waals surface area contributed by atoms with Gasteiger partial charge in [0.15, 0.2) is 0 Å². The molecule has 3 nitrogen and oxygen atoms in total. The first-order valence-electron chi connectivity index (χ1n) is 8.73. The van der Waals surface area contributed by atoms with Crippen LogP contribution in [0.5, 0.6) is 0 Å². The van der Waals surface area contributed by atoms with Crippen molar-refractivity contribution in [2.24, 2.45) is 28.9 Å². The first-order chi connectivity index (χ1) is 9.71. The molecular weight excluding hydrogens is 260 g/mol. The molecule has 4 atom stereocenters. The van der Waals surface area contributed by atoms with Gasteiger partial charge in [-0.3, -0.25) is 4.79 Å². The van der Waals surface area contributed by atoms with Crippen molar-refractivity contribution in [1.29, 1.82) is 0 Å². The van der Waals surface area contributed by atoms with Gasteiger partial charge in [0.25, 0.3) is 0 Å². The molecule has 0 saturated heterocycles. The predicted octanol–water partition coefficient (Wildman–Crippen LogP) is 3.42. The summed E-state index contributed by atoms with van der Waals surface area (Å²) < 4.78 is 0. The van der Waals surface area contributed by atoms with Crippen LogP contribution in [-0.4, -0.2) is 29.9 Å². The average Bonchev–Trinajstić information content (AvgIpc) is 2.41. The van der Waals surface area contributed by atoms with E-state index < -0.39 is 0 Å². The second-order valence-corrected chi connectivity index (χ2v) is 8.54. The minimum atomic E-state index is 0.135. The Kier molecular flexibility index (Phi) is 5.02. The minimum Gasteiger partial charge on any atom is -0.343 e. The van der Waals surface area contributed by atoms with Gasteiger partial charge in [0, 0.05) is 25.0 Å². The summed E-state index contributed by atoms with van der Waals surface area (Å²) in [6.07, 6.45) is 6.71. The largest absolute Gasteiger partial charge is 0.343 e. The van der Waals surface area contributed by atoms with Gasteiger partial charge in [0.05, 0.1) is 0 Å². The molecular formula is C18H34N2O. The summed E-state index contributed by atoms with van der Waals surface area (Å²) in [5.41, 5.74) is 6.67. The van der Waals surface area contributed by atoms with Gasteiger partial charge >= 0.3 is 0 Å². The van der Waals surface area contributed by atoms with Crippen LogP contribution in [0.2, 0.25) is 0 Å². The van der Waals surface area contributed by atoms with E-state index in [0.29, 0.717) is 29.2 Å². The molecule has 2 aliphatic rings. The SMILES string of the molecule is CC1CC(C)C(C(=O)N(C)C2CCC(C)(C)CC2)CC1N. The molecule has 0 aromatic heterocycles. The molecule has 0 aliphatic heterocycles. The van der Waals surface area contributed by atoms with Gasteiger partial charge in [-0.1, -0.05) is 27.7 Å². The Hall–Kier alpha value is -0.570. The molecule has 21 heavy (non-hydrogen) atoms. The second-order valence-electron chi connectivity index (χ2n) is 8.54. The first-order valence-corrected chi connectivity index (χ1v) is 8.73. The van der Waals surface area contributed by atoms with E-state index in [-0.39, 0.29) is 12.0 Å². The van der Waals surface area contributed by atoms with Crippen molar-refractivity contribution in [3.8, 4) is 0 Å². The van der Waals surface area contributed by atoms with Gasteiger partial charge in [-0.05, 0) is 55.8 Å². The highest BCUT2D eigenvalue weighted by Gasteiger charge is 2.38.